The van der Waals surface area contributed by atoms with Gasteiger partial charge in [-0.15, -0.1) is 11.8 Å². The Morgan fingerprint density at radius 1 is 1.25 bits per heavy atom. The van der Waals surface area contributed by atoms with Crippen LogP contribution in [0.1, 0.15) is 26.2 Å². The summed E-state index contributed by atoms with van der Waals surface area (Å²) in [6.07, 6.45) is 3.64. The standard InChI is InChI=1S/C18H28N2O3S/c1-14(18(21)19-9-6-12-20-10-4-5-11-20)24-15-7-8-16(22-2)17(13-15)23-3/h7-8,13-14H,4-6,9-12H2,1-3H3,(H,19,21). The van der Waals surface area contributed by atoms with Gasteiger partial charge in [0.2, 0.25) is 5.91 Å². The number of nitrogens with zero attached hydrogens (tertiary/aromatic N) is 1. The summed E-state index contributed by atoms with van der Waals surface area (Å²) in [7, 11) is 3.23. The van der Waals surface area contributed by atoms with Crippen LogP contribution in [-0.2, 0) is 4.79 Å². The zero-order chi connectivity index (χ0) is 17.4. The van der Waals surface area contributed by atoms with Gasteiger partial charge in [-0.3, -0.25) is 4.79 Å². The van der Waals surface area contributed by atoms with Crippen molar-refractivity contribution in [3.8, 4) is 11.5 Å². The van der Waals surface area contributed by atoms with E-state index in [-0.39, 0.29) is 11.2 Å². The maximum Gasteiger partial charge on any atom is 0.233 e. The molecule has 0 saturated carbocycles. The van der Waals surface area contributed by atoms with Crippen molar-refractivity contribution in [2.75, 3.05) is 40.4 Å². The molecule has 1 fully saturated rings. The van der Waals surface area contributed by atoms with Crippen LogP contribution in [0.5, 0.6) is 11.5 Å². The lowest BCUT2D eigenvalue weighted by molar-refractivity contribution is -0.120. The molecule has 0 bridgehead atoms. The molecule has 1 atom stereocenters. The smallest absolute Gasteiger partial charge is 0.233 e. The number of ether oxygens (including phenoxy) is 2. The van der Waals surface area contributed by atoms with Crippen LogP contribution < -0.4 is 14.8 Å². The number of carbonyl (C=O) groups is 1. The first-order chi connectivity index (χ1) is 11.6. The fourth-order valence-electron chi connectivity index (χ4n) is 2.81. The molecule has 1 aromatic carbocycles. The van der Waals surface area contributed by atoms with Crippen LogP contribution in [0.4, 0.5) is 0 Å². The van der Waals surface area contributed by atoms with Gasteiger partial charge in [-0.05, 0) is 64.0 Å². The van der Waals surface area contributed by atoms with Crippen molar-refractivity contribution in [1.29, 1.82) is 0 Å². The second-order valence-corrected chi connectivity index (χ2v) is 7.38. The average Bonchev–Trinajstić information content (AvgIpc) is 3.11. The van der Waals surface area contributed by atoms with E-state index in [4.69, 9.17) is 9.47 Å². The van der Waals surface area contributed by atoms with E-state index in [1.165, 1.54) is 37.7 Å². The third kappa shape index (κ3) is 5.60. The van der Waals surface area contributed by atoms with Crippen LogP contribution in [0.25, 0.3) is 0 Å². The zero-order valence-electron chi connectivity index (χ0n) is 14.8. The molecule has 0 spiro atoms. The summed E-state index contributed by atoms with van der Waals surface area (Å²) in [5.74, 6) is 1.46. The fraction of sp³-hybridized carbons (Fsp3) is 0.611. The van der Waals surface area contributed by atoms with Gasteiger partial charge >= 0.3 is 0 Å². The molecule has 1 aliphatic rings. The molecule has 6 heteroatoms. The molecule has 1 saturated heterocycles. The van der Waals surface area contributed by atoms with Crippen LogP contribution >= 0.6 is 11.8 Å². The number of carbonyl (C=O) groups excluding carboxylic acids is 1. The van der Waals surface area contributed by atoms with E-state index < -0.39 is 0 Å². The van der Waals surface area contributed by atoms with Crippen molar-refractivity contribution in [3.05, 3.63) is 18.2 Å². The first-order valence-corrected chi connectivity index (χ1v) is 9.40. The number of thioether (sulfide) groups is 1. The van der Waals surface area contributed by atoms with Gasteiger partial charge in [-0.1, -0.05) is 0 Å². The quantitative estimate of drug-likeness (QED) is 0.547. The van der Waals surface area contributed by atoms with Gasteiger partial charge in [0, 0.05) is 11.4 Å². The van der Waals surface area contributed by atoms with Gasteiger partial charge in [0.25, 0.3) is 0 Å². The maximum atomic E-state index is 12.2. The SMILES string of the molecule is COc1ccc(SC(C)C(=O)NCCCN2CCCC2)cc1OC. The molecule has 1 N–H and O–H groups in total. The molecule has 134 valence electrons. The molecule has 1 heterocycles. The van der Waals surface area contributed by atoms with Gasteiger partial charge in [-0.2, -0.15) is 0 Å². The Kier molecular flexibility index (Phi) is 7.72. The Hall–Kier alpha value is -1.40. The fourth-order valence-corrected chi connectivity index (χ4v) is 3.73. The third-order valence-electron chi connectivity index (χ3n) is 4.19. The first-order valence-electron chi connectivity index (χ1n) is 8.52. The Balaban J connectivity index is 1.74. The highest BCUT2D eigenvalue weighted by Gasteiger charge is 2.16. The summed E-state index contributed by atoms with van der Waals surface area (Å²) in [6.45, 7) is 6.17. The number of likely N-dealkylation sites (tertiary alicyclic amines) is 1. The monoisotopic (exact) mass is 352 g/mol. The van der Waals surface area contributed by atoms with E-state index in [1.54, 1.807) is 14.2 Å². The van der Waals surface area contributed by atoms with E-state index in [9.17, 15) is 4.79 Å². The van der Waals surface area contributed by atoms with Gasteiger partial charge in [0.1, 0.15) is 0 Å². The Morgan fingerprint density at radius 3 is 2.62 bits per heavy atom. The predicted molar refractivity (Wildman–Crippen MR) is 98.2 cm³/mol. The second-order valence-electron chi connectivity index (χ2n) is 5.97. The summed E-state index contributed by atoms with van der Waals surface area (Å²) < 4.78 is 10.5. The van der Waals surface area contributed by atoms with Gasteiger partial charge in [-0.25, -0.2) is 0 Å². The minimum atomic E-state index is -0.144. The van der Waals surface area contributed by atoms with Crippen molar-refractivity contribution in [3.63, 3.8) is 0 Å². The molecule has 1 unspecified atom stereocenters. The highest BCUT2D eigenvalue weighted by molar-refractivity contribution is 8.00. The minimum absolute atomic E-state index is 0.0798. The normalized spacial score (nSPS) is 16.0. The number of rotatable bonds is 9. The highest BCUT2D eigenvalue weighted by Crippen LogP contribution is 2.33. The molecular weight excluding hydrogens is 324 g/mol. The topological polar surface area (TPSA) is 50.8 Å². The van der Waals surface area contributed by atoms with Crippen molar-refractivity contribution in [2.45, 2.75) is 36.3 Å². The molecule has 2 rings (SSSR count). The predicted octanol–water partition coefficient (Wildman–Crippen LogP) is 2.79. The number of benzene rings is 1. The molecule has 0 radical (unpaired) electrons. The molecule has 0 aromatic heterocycles. The third-order valence-corrected chi connectivity index (χ3v) is 5.28. The molecule has 0 aliphatic carbocycles. The van der Waals surface area contributed by atoms with Crippen molar-refractivity contribution >= 4 is 17.7 Å². The Morgan fingerprint density at radius 2 is 1.96 bits per heavy atom. The molecule has 1 aliphatic heterocycles. The number of amides is 1. The minimum Gasteiger partial charge on any atom is -0.493 e. The van der Waals surface area contributed by atoms with Crippen molar-refractivity contribution in [1.82, 2.24) is 10.2 Å². The molecule has 5 nitrogen and oxygen atoms in total. The van der Waals surface area contributed by atoms with E-state index >= 15 is 0 Å². The number of hydrogen-bond donors (Lipinski definition) is 1. The van der Waals surface area contributed by atoms with E-state index in [0.717, 1.165) is 24.4 Å². The maximum absolute atomic E-state index is 12.2. The van der Waals surface area contributed by atoms with Gasteiger partial charge in [0.05, 0.1) is 19.5 Å². The number of methoxy groups -OCH3 is 2. The average molecular weight is 353 g/mol. The zero-order valence-corrected chi connectivity index (χ0v) is 15.7. The van der Waals surface area contributed by atoms with Crippen LogP contribution in [0.2, 0.25) is 0 Å². The number of nitrogens with one attached hydrogen (secondary N) is 1. The van der Waals surface area contributed by atoms with Crippen LogP contribution in [0, 0.1) is 0 Å². The van der Waals surface area contributed by atoms with Gasteiger partial charge in [0.15, 0.2) is 11.5 Å². The van der Waals surface area contributed by atoms with Crippen LogP contribution in [0.15, 0.2) is 23.1 Å². The summed E-state index contributed by atoms with van der Waals surface area (Å²) >= 11 is 1.53. The van der Waals surface area contributed by atoms with Crippen molar-refractivity contribution in [2.24, 2.45) is 0 Å². The summed E-state index contributed by atoms with van der Waals surface area (Å²) in [5, 5.41) is 2.89. The van der Waals surface area contributed by atoms with Crippen molar-refractivity contribution < 1.29 is 14.3 Å². The van der Waals surface area contributed by atoms with Crippen LogP contribution in [-0.4, -0.2) is 56.5 Å². The van der Waals surface area contributed by atoms with E-state index in [0.29, 0.717) is 11.5 Å². The lowest BCUT2D eigenvalue weighted by Gasteiger charge is -2.16. The largest absolute Gasteiger partial charge is 0.493 e. The first kappa shape index (κ1) is 18.9. The molecule has 1 aromatic rings. The molecule has 1 amide bonds. The lowest BCUT2D eigenvalue weighted by Crippen LogP contribution is -2.33. The number of hydrogen-bond acceptors (Lipinski definition) is 5. The second kappa shape index (κ2) is 9.79. The Bertz CT molecular complexity index is 533. The summed E-state index contributed by atoms with van der Waals surface area (Å²) in [6, 6.07) is 5.71. The highest BCUT2D eigenvalue weighted by atomic mass is 32.2. The molecular formula is C18H28N2O3S. The van der Waals surface area contributed by atoms with E-state index in [1.807, 2.05) is 25.1 Å². The molecule has 24 heavy (non-hydrogen) atoms. The Labute approximate surface area is 149 Å². The van der Waals surface area contributed by atoms with E-state index in [2.05, 4.69) is 10.2 Å². The van der Waals surface area contributed by atoms with Gasteiger partial charge < -0.3 is 19.7 Å². The summed E-state index contributed by atoms with van der Waals surface area (Å²) in [5.41, 5.74) is 0. The lowest BCUT2D eigenvalue weighted by atomic mass is 10.3. The van der Waals surface area contributed by atoms with Crippen LogP contribution in [0.3, 0.4) is 0 Å². The summed E-state index contributed by atoms with van der Waals surface area (Å²) in [4.78, 5) is 15.7.